The molecule has 0 saturated carbocycles. The van der Waals surface area contributed by atoms with Crippen molar-refractivity contribution in [1.82, 2.24) is 10.4 Å². The highest BCUT2D eigenvalue weighted by molar-refractivity contribution is 5.93. The SMILES string of the molecule is NNC(=O)c1ccc(/C=N/O)nc1. The summed E-state index contributed by atoms with van der Waals surface area (Å²) in [5.41, 5.74) is 2.77. The van der Waals surface area contributed by atoms with Crippen LogP contribution in [0.1, 0.15) is 16.1 Å². The molecule has 0 unspecified atom stereocenters. The highest BCUT2D eigenvalue weighted by atomic mass is 16.4. The van der Waals surface area contributed by atoms with Crippen LogP contribution in [0, 0.1) is 0 Å². The van der Waals surface area contributed by atoms with E-state index in [1.165, 1.54) is 18.3 Å². The van der Waals surface area contributed by atoms with Crippen LogP contribution in [0.25, 0.3) is 0 Å². The van der Waals surface area contributed by atoms with Crippen LogP contribution in [0.4, 0.5) is 0 Å². The molecule has 0 saturated heterocycles. The molecule has 1 aromatic rings. The first kappa shape index (κ1) is 9.14. The molecule has 0 aliphatic rings. The minimum absolute atomic E-state index is 0.345. The van der Waals surface area contributed by atoms with Gasteiger partial charge in [-0.2, -0.15) is 0 Å². The number of hydrazine groups is 1. The second kappa shape index (κ2) is 4.17. The van der Waals surface area contributed by atoms with Gasteiger partial charge in [0.25, 0.3) is 5.91 Å². The first-order valence-electron chi connectivity index (χ1n) is 3.42. The summed E-state index contributed by atoms with van der Waals surface area (Å²) in [4.78, 5) is 14.7. The Morgan fingerprint density at radius 3 is 2.92 bits per heavy atom. The number of nitrogen functional groups attached to an aromatic ring is 1. The highest BCUT2D eigenvalue weighted by Crippen LogP contribution is 1.97. The molecule has 0 fully saturated rings. The topological polar surface area (TPSA) is 101 Å². The van der Waals surface area contributed by atoms with Gasteiger partial charge in [0, 0.05) is 6.20 Å². The molecule has 1 amide bonds. The number of nitrogens with zero attached hydrogens (tertiary/aromatic N) is 2. The Balaban J connectivity index is 2.87. The van der Waals surface area contributed by atoms with Crippen molar-refractivity contribution in [1.29, 1.82) is 0 Å². The lowest BCUT2D eigenvalue weighted by Gasteiger charge is -1.97. The maximum absolute atomic E-state index is 10.9. The molecule has 0 aliphatic carbocycles. The number of nitrogens with one attached hydrogen (secondary N) is 1. The molecule has 68 valence electrons. The number of nitrogens with two attached hydrogens (primary N) is 1. The zero-order valence-corrected chi connectivity index (χ0v) is 6.64. The van der Waals surface area contributed by atoms with Crippen molar-refractivity contribution in [3.05, 3.63) is 29.6 Å². The van der Waals surface area contributed by atoms with Gasteiger partial charge in [-0.3, -0.25) is 15.2 Å². The van der Waals surface area contributed by atoms with E-state index in [1.54, 1.807) is 0 Å². The molecule has 4 N–H and O–H groups in total. The van der Waals surface area contributed by atoms with Gasteiger partial charge >= 0.3 is 0 Å². The maximum Gasteiger partial charge on any atom is 0.266 e. The first-order valence-corrected chi connectivity index (χ1v) is 3.42. The predicted octanol–water partition coefficient (Wildman–Crippen LogP) is -0.507. The molecular formula is C7H8N4O2. The minimum atomic E-state index is -0.417. The molecule has 0 aromatic carbocycles. The van der Waals surface area contributed by atoms with E-state index in [9.17, 15) is 4.79 Å². The van der Waals surface area contributed by atoms with Crippen LogP contribution in [0.15, 0.2) is 23.5 Å². The fraction of sp³-hybridized carbons (Fsp3) is 0. The smallest absolute Gasteiger partial charge is 0.266 e. The highest BCUT2D eigenvalue weighted by Gasteiger charge is 2.02. The molecule has 1 heterocycles. The van der Waals surface area contributed by atoms with Gasteiger partial charge in [0.15, 0.2) is 0 Å². The number of pyridine rings is 1. The van der Waals surface area contributed by atoms with E-state index in [0.717, 1.165) is 6.21 Å². The fourth-order valence-corrected chi connectivity index (χ4v) is 0.758. The molecule has 0 radical (unpaired) electrons. The summed E-state index contributed by atoms with van der Waals surface area (Å²) in [7, 11) is 0. The van der Waals surface area contributed by atoms with Gasteiger partial charge in [0.2, 0.25) is 0 Å². The van der Waals surface area contributed by atoms with Crippen LogP contribution >= 0.6 is 0 Å². The quantitative estimate of drug-likeness (QED) is 0.187. The normalized spacial score (nSPS) is 10.2. The van der Waals surface area contributed by atoms with Crippen molar-refractivity contribution in [3.8, 4) is 0 Å². The lowest BCUT2D eigenvalue weighted by molar-refractivity contribution is 0.0953. The summed E-state index contributed by atoms with van der Waals surface area (Å²) < 4.78 is 0. The lowest BCUT2D eigenvalue weighted by Crippen LogP contribution is -2.30. The average molecular weight is 180 g/mol. The summed E-state index contributed by atoms with van der Waals surface area (Å²) in [5.74, 6) is 4.49. The van der Waals surface area contributed by atoms with Crippen molar-refractivity contribution in [2.24, 2.45) is 11.0 Å². The molecule has 0 spiro atoms. The molecule has 0 bridgehead atoms. The molecule has 1 rings (SSSR count). The molecule has 6 heteroatoms. The van der Waals surface area contributed by atoms with Gasteiger partial charge in [0.05, 0.1) is 17.5 Å². The third-order valence-electron chi connectivity index (χ3n) is 1.37. The van der Waals surface area contributed by atoms with E-state index in [-0.39, 0.29) is 0 Å². The Kier molecular flexibility index (Phi) is 2.93. The zero-order chi connectivity index (χ0) is 9.68. The largest absolute Gasteiger partial charge is 0.411 e. The van der Waals surface area contributed by atoms with Crippen molar-refractivity contribution in [2.75, 3.05) is 0 Å². The van der Waals surface area contributed by atoms with Crippen molar-refractivity contribution in [2.45, 2.75) is 0 Å². The van der Waals surface area contributed by atoms with E-state index < -0.39 is 5.91 Å². The number of rotatable bonds is 2. The number of hydrogen-bond acceptors (Lipinski definition) is 5. The third kappa shape index (κ3) is 2.24. The van der Waals surface area contributed by atoms with Gasteiger partial charge in [-0.05, 0) is 12.1 Å². The number of aromatic nitrogens is 1. The summed E-state index contributed by atoms with van der Waals surface area (Å²) in [6.45, 7) is 0. The number of carbonyl (C=O) groups excluding carboxylic acids is 1. The van der Waals surface area contributed by atoms with Crippen LogP contribution in [0.5, 0.6) is 0 Å². The van der Waals surface area contributed by atoms with Crippen LogP contribution in [-0.2, 0) is 0 Å². The Labute approximate surface area is 74.0 Å². The van der Waals surface area contributed by atoms with Gasteiger partial charge in [-0.25, -0.2) is 5.84 Å². The van der Waals surface area contributed by atoms with Crippen molar-refractivity contribution >= 4 is 12.1 Å². The summed E-state index contributed by atoms with van der Waals surface area (Å²) in [5, 5.41) is 11.0. The third-order valence-corrected chi connectivity index (χ3v) is 1.37. The zero-order valence-electron chi connectivity index (χ0n) is 6.64. The van der Waals surface area contributed by atoms with Gasteiger partial charge in [-0.15, -0.1) is 0 Å². The van der Waals surface area contributed by atoms with E-state index in [4.69, 9.17) is 11.0 Å². The second-order valence-electron chi connectivity index (χ2n) is 2.19. The Morgan fingerprint density at radius 1 is 1.69 bits per heavy atom. The summed E-state index contributed by atoms with van der Waals surface area (Å²) >= 11 is 0. The van der Waals surface area contributed by atoms with Crippen LogP contribution in [0.2, 0.25) is 0 Å². The van der Waals surface area contributed by atoms with Crippen LogP contribution < -0.4 is 11.3 Å². The van der Waals surface area contributed by atoms with E-state index >= 15 is 0 Å². The van der Waals surface area contributed by atoms with E-state index in [0.29, 0.717) is 11.3 Å². The maximum atomic E-state index is 10.9. The fourth-order valence-electron chi connectivity index (χ4n) is 0.758. The molecule has 1 aromatic heterocycles. The Morgan fingerprint density at radius 2 is 2.46 bits per heavy atom. The number of hydrogen-bond donors (Lipinski definition) is 3. The van der Waals surface area contributed by atoms with Gasteiger partial charge in [-0.1, -0.05) is 5.16 Å². The summed E-state index contributed by atoms with van der Waals surface area (Å²) in [6, 6.07) is 3.05. The lowest BCUT2D eigenvalue weighted by atomic mass is 10.2. The van der Waals surface area contributed by atoms with E-state index in [2.05, 4.69) is 10.1 Å². The van der Waals surface area contributed by atoms with Crippen LogP contribution in [-0.4, -0.2) is 22.3 Å². The Bertz CT molecular complexity index is 320. The molecule has 13 heavy (non-hydrogen) atoms. The first-order chi connectivity index (χ1) is 6.27. The van der Waals surface area contributed by atoms with Crippen molar-refractivity contribution < 1.29 is 10.0 Å². The number of carbonyl (C=O) groups is 1. The molecule has 6 nitrogen and oxygen atoms in total. The second-order valence-corrected chi connectivity index (χ2v) is 2.19. The standard InChI is InChI=1S/C7H8N4O2/c8-11-7(12)5-1-2-6(4-10-13)9-3-5/h1-4,13H,8H2,(H,11,12)/b10-4+. The Hall–Kier alpha value is -1.95. The van der Waals surface area contributed by atoms with E-state index in [1.807, 2.05) is 5.43 Å². The molecular weight excluding hydrogens is 172 g/mol. The number of oxime groups is 1. The van der Waals surface area contributed by atoms with Crippen LogP contribution in [0.3, 0.4) is 0 Å². The van der Waals surface area contributed by atoms with Gasteiger partial charge in [0.1, 0.15) is 0 Å². The predicted molar refractivity (Wildman–Crippen MR) is 45.3 cm³/mol. The van der Waals surface area contributed by atoms with Gasteiger partial charge < -0.3 is 5.21 Å². The monoisotopic (exact) mass is 180 g/mol. The average Bonchev–Trinajstić information content (AvgIpc) is 2.18. The molecule has 0 aliphatic heterocycles. The van der Waals surface area contributed by atoms with Crippen molar-refractivity contribution in [3.63, 3.8) is 0 Å². The summed E-state index contributed by atoms with van der Waals surface area (Å²) in [6.07, 6.45) is 2.49. The molecule has 0 atom stereocenters. The number of amides is 1. The minimum Gasteiger partial charge on any atom is -0.411 e.